The molecule has 12 heteroatoms. The number of aromatic hydroxyl groups is 1. The highest BCUT2D eigenvalue weighted by Gasteiger charge is 2.37. The Morgan fingerprint density at radius 1 is 1.11 bits per heavy atom. The van der Waals surface area contributed by atoms with Gasteiger partial charge in [-0.05, 0) is 30.3 Å². The van der Waals surface area contributed by atoms with E-state index in [4.69, 9.17) is 27.9 Å². The Labute approximate surface area is 211 Å². The van der Waals surface area contributed by atoms with E-state index in [9.17, 15) is 27.9 Å². The van der Waals surface area contributed by atoms with E-state index in [0.29, 0.717) is 15.9 Å². The monoisotopic (exact) mass is 537 g/mol. The summed E-state index contributed by atoms with van der Waals surface area (Å²) < 4.78 is 47.4. The molecule has 0 unspecified atom stereocenters. The van der Waals surface area contributed by atoms with E-state index in [0.717, 1.165) is 12.1 Å². The lowest BCUT2D eigenvalue weighted by atomic mass is 10.1. The maximum absolute atomic E-state index is 13.9. The van der Waals surface area contributed by atoms with Gasteiger partial charge in [0.1, 0.15) is 5.75 Å². The smallest absolute Gasteiger partial charge is 0.449 e. The van der Waals surface area contributed by atoms with Gasteiger partial charge in [0.2, 0.25) is 5.82 Å². The molecule has 0 aliphatic heterocycles. The average Bonchev–Trinajstić information content (AvgIpc) is 2.83. The summed E-state index contributed by atoms with van der Waals surface area (Å²) >= 11 is 11.7. The molecule has 0 aliphatic carbocycles. The number of alkyl halides is 3. The van der Waals surface area contributed by atoms with Crippen LogP contribution in [0.4, 0.5) is 18.9 Å². The fraction of sp³-hybridized carbons (Fsp3) is 0.125. The summed E-state index contributed by atoms with van der Waals surface area (Å²) in [5, 5.41) is 11.6. The van der Waals surface area contributed by atoms with Crippen molar-refractivity contribution in [2.75, 3.05) is 12.4 Å². The van der Waals surface area contributed by atoms with Gasteiger partial charge in [0.05, 0.1) is 40.3 Å². The summed E-state index contributed by atoms with van der Waals surface area (Å²) in [7, 11) is 1.36. The number of ether oxygens (including phenoxy) is 1. The molecule has 4 rings (SSSR count). The van der Waals surface area contributed by atoms with Crippen LogP contribution in [0.2, 0.25) is 10.0 Å². The number of fused-ring (bicyclic) bond motifs is 1. The summed E-state index contributed by atoms with van der Waals surface area (Å²) in [6.07, 6.45) is -4.94. The van der Waals surface area contributed by atoms with E-state index in [1.807, 2.05) is 0 Å². The first kappa shape index (κ1) is 25.3. The molecule has 2 N–H and O–H groups in total. The highest BCUT2D eigenvalue weighted by Crippen LogP contribution is 2.34. The third-order valence-electron chi connectivity index (χ3n) is 5.29. The molecule has 1 heterocycles. The zero-order chi connectivity index (χ0) is 26.2. The summed E-state index contributed by atoms with van der Waals surface area (Å²) in [6, 6.07) is 12.6. The lowest BCUT2D eigenvalue weighted by Gasteiger charge is -2.18. The number of hydrogen-bond donors (Lipinski definition) is 2. The van der Waals surface area contributed by atoms with Crippen molar-refractivity contribution in [3.63, 3.8) is 0 Å². The van der Waals surface area contributed by atoms with Crippen LogP contribution in [0.3, 0.4) is 0 Å². The molecule has 0 bridgehead atoms. The first-order valence-electron chi connectivity index (χ1n) is 10.2. The highest BCUT2D eigenvalue weighted by atomic mass is 35.5. The van der Waals surface area contributed by atoms with Crippen molar-refractivity contribution in [3.05, 3.63) is 91.9 Å². The van der Waals surface area contributed by atoms with Crippen molar-refractivity contribution in [1.29, 1.82) is 0 Å². The molecule has 36 heavy (non-hydrogen) atoms. The van der Waals surface area contributed by atoms with Crippen LogP contribution in [0.1, 0.15) is 21.7 Å². The second-order valence-corrected chi connectivity index (χ2v) is 8.39. The molecular formula is C24H16Cl2F3N3O4. The number of halogens is 5. The Balaban J connectivity index is 1.87. The predicted molar refractivity (Wildman–Crippen MR) is 129 cm³/mol. The molecule has 1 amide bonds. The minimum Gasteiger partial charge on any atom is -0.505 e. The minimum absolute atomic E-state index is 0.0472. The topological polar surface area (TPSA) is 93.4 Å². The largest absolute Gasteiger partial charge is 0.505 e. The van der Waals surface area contributed by atoms with Crippen LogP contribution in [-0.4, -0.2) is 27.7 Å². The summed E-state index contributed by atoms with van der Waals surface area (Å²) in [6.45, 7) is -0.480. The number of phenols is 1. The van der Waals surface area contributed by atoms with Gasteiger partial charge in [0, 0.05) is 11.1 Å². The predicted octanol–water partition coefficient (Wildman–Crippen LogP) is 5.74. The molecule has 0 atom stereocenters. The molecule has 0 fully saturated rings. The fourth-order valence-corrected chi connectivity index (χ4v) is 4.11. The maximum Gasteiger partial charge on any atom is 0.449 e. The van der Waals surface area contributed by atoms with Crippen LogP contribution in [0.25, 0.3) is 10.9 Å². The van der Waals surface area contributed by atoms with Gasteiger partial charge in [-0.2, -0.15) is 13.2 Å². The Morgan fingerprint density at radius 2 is 1.78 bits per heavy atom. The van der Waals surface area contributed by atoms with E-state index in [2.05, 4.69) is 10.3 Å². The van der Waals surface area contributed by atoms with Gasteiger partial charge in [0.25, 0.3) is 11.5 Å². The number of benzene rings is 3. The number of hydrogen-bond acceptors (Lipinski definition) is 5. The van der Waals surface area contributed by atoms with Crippen LogP contribution >= 0.6 is 23.2 Å². The zero-order valence-corrected chi connectivity index (χ0v) is 19.9. The van der Waals surface area contributed by atoms with Crippen LogP contribution < -0.4 is 15.6 Å². The molecule has 186 valence electrons. The Bertz CT molecular complexity index is 1530. The minimum atomic E-state index is -4.94. The average molecular weight is 538 g/mol. The number of phenolic OH excluding ortho intramolecular Hbond substituents is 1. The highest BCUT2D eigenvalue weighted by molar-refractivity contribution is 6.37. The van der Waals surface area contributed by atoms with Crippen molar-refractivity contribution in [1.82, 2.24) is 9.55 Å². The number of methoxy groups -OCH3 is 1. The number of carbonyl (C=O) groups excluding carboxylic acids is 1. The van der Waals surface area contributed by atoms with Gasteiger partial charge in [-0.1, -0.05) is 47.5 Å². The van der Waals surface area contributed by atoms with E-state index in [1.54, 1.807) is 18.2 Å². The molecular weight excluding hydrogens is 522 g/mol. The van der Waals surface area contributed by atoms with Crippen molar-refractivity contribution < 1.29 is 27.8 Å². The molecule has 3 aromatic carbocycles. The lowest BCUT2D eigenvalue weighted by molar-refractivity contribution is -0.147. The summed E-state index contributed by atoms with van der Waals surface area (Å²) in [5.74, 6) is -2.28. The van der Waals surface area contributed by atoms with Crippen molar-refractivity contribution in [2.45, 2.75) is 12.7 Å². The molecule has 7 nitrogen and oxygen atoms in total. The van der Waals surface area contributed by atoms with Crippen molar-refractivity contribution >= 4 is 45.7 Å². The van der Waals surface area contributed by atoms with E-state index < -0.39 is 35.8 Å². The number of amides is 1. The van der Waals surface area contributed by atoms with Crippen molar-refractivity contribution in [2.24, 2.45) is 0 Å². The van der Waals surface area contributed by atoms with E-state index in [1.165, 1.54) is 31.4 Å². The Morgan fingerprint density at radius 3 is 2.42 bits per heavy atom. The number of para-hydroxylation sites is 1. The van der Waals surface area contributed by atoms with Crippen LogP contribution in [0.5, 0.6) is 11.5 Å². The summed E-state index contributed by atoms with van der Waals surface area (Å²) in [4.78, 5) is 30.0. The quantitative estimate of drug-likeness (QED) is 0.338. The van der Waals surface area contributed by atoms with Crippen LogP contribution in [-0.2, 0) is 12.7 Å². The van der Waals surface area contributed by atoms with Gasteiger partial charge >= 0.3 is 6.18 Å². The second-order valence-electron chi connectivity index (χ2n) is 7.58. The van der Waals surface area contributed by atoms with E-state index in [-0.39, 0.29) is 32.2 Å². The molecule has 0 saturated heterocycles. The molecule has 0 saturated carbocycles. The maximum atomic E-state index is 13.9. The number of anilines is 1. The van der Waals surface area contributed by atoms with Gasteiger partial charge in [-0.25, -0.2) is 4.98 Å². The first-order valence-corrected chi connectivity index (χ1v) is 11.0. The molecule has 0 radical (unpaired) electrons. The number of aromatic nitrogens is 2. The Hall–Kier alpha value is -3.76. The zero-order valence-electron chi connectivity index (χ0n) is 18.4. The molecule has 4 aromatic rings. The number of rotatable bonds is 5. The standard InChI is InChI=1S/C24H16Cl2F3N3O4/c1-36-18-8-3-2-5-12(18)11-32-22(35)19-16(6-4-7-17(19)31-23(32)24(27,28)29)30-21(34)13-9-14(25)20(33)15(26)10-13/h2-10,33H,11H2,1H3,(H,30,34). The second kappa shape index (κ2) is 9.71. The number of carbonyl (C=O) groups is 1. The third kappa shape index (κ3) is 4.82. The third-order valence-corrected chi connectivity index (χ3v) is 5.86. The van der Waals surface area contributed by atoms with Gasteiger partial charge in [0.15, 0.2) is 5.75 Å². The van der Waals surface area contributed by atoms with Gasteiger partial charge in [-0.15, -0.1) is 0 Å². The molecule has 1 aromatic heterocycles. The summed E-state index contributed by atoms with van der Waals surface area (Å²) in [5.41, 5.74) is -1.07. The van der Waals surface area contributed by atoms with Crippen LogP contribution in [0.15, 0.2) is 59.4 Å². The number of nitrogens with zero attached hydrogens (tertiary/aromatic N) is 2. The molecule has 0 aliphatic rings. The van der Waals surface area contributed by atoms with Crippen LogP contribution in [0, 0.1) is 0 Å². The first-order chi connectivity index (χ1) is 17.0. The van der Waals surface area contributed by atoms with E-state index >= 15 is 0 Å². The fourth-order valence-electron chi connectivity index (χ4n) is 3.63. The SMILES string of the molecule is COc1ccccc1Cn1c(C(F)(F)F)nc2cccc(NC(=O)c3cc(Cl)c(O)c(Cl)c3)c2c1=O. The Kier molecular flexibility index (Phi) is 6.83. The normalized spacial score (nSPS) is 11.5. The van der Waals surface area contributed by atoms with Crippen molar-refractivity contribution in [3.8, 4) is 11.5 Å². The van der Waals surface area contributed by atoms with Gasteiger partial charge < -0.3 is 15.2 Å². The van der Waals surface area contributed by atoms with Gasteiger partial charge in [-0.3, -0.25) is 14.2 Å². The lowest BCUT2D eigenvalue weighted by Crippen LogP contribution is -2.31. The molecule has 0 spiro atoms. The number of nitrogens with one attached hydrogen (secondary N) is 1.